The number of nitrogens with one attached hydrogen (secondary N) is 1. The summed E-state index contributed by atoms with van der Waals surface area (Å²) in [4.78, 5) is 1.82. The summed E-state index contributed by atoms with van der Waals surface area (Å²) in [6.45, 7) is 1.00. The van der Waals surface area contributed by atoms with E-state index in [1.807, 2.05) is 18.0 Å². The van der Waals surface area contributed by atoms with E-state index in [4.69, 9.17) is 0 Å². The highest BCUT2D eigenvalue weighted by Gasteiger charge is 2.08. The van der Waals surface area contributed by atoms with E-state index in [0.717, 1.165) is 5.69 Å². The van der Waals surface area contributed by atoms with Crippen molar-refractivity contribution < 1.29 is 9.50 Å². The van der Waals surface area contributed by atoms with Crippen molar-refractivity contribution in [2.24, 2.45) is 0 Å². The summed E-state index contributed by atoms with van der Waals surface area (Å²) in [5, 5.41) is 12.4. The highest BCUT2D eigenvalue weighted by atomic mass is 19.1. The monoisotopic (exact) mass is 212 g/mol. The standard InChI is InChI=1S/C11H17FN2O/c1-13-7-11(15)8-14(2)10-5-3-4-9(12)6-10/h3-6,11,13,15H,7-8H2,1-2H3. The number of anilines is 1. The van der Waals surface area contributed by atoms with E-state index < -0.39 is 6.10 Å². The van der Waals surface area contributed by atoms with Gasteiger partial charge < -0.3 is 15.3 Å². The Morgan fingerprint density at radius 1 is 1.53 bits per heavy atom. The lowest BCUT2D eigenvalue weighted by atomic mass is 10.2. The molecule has 0 aromatic heterocycles. The lowest BCUT2D eigenvalue weighted by Crippen LogP contribution is -2.35. The minimum absolute atomic E-state index is 0.262. The van der Waals surface area contributed by atoms with Crippen LogP contribution in [0.2, 0.25) is 0 Å². The normalized spacial score (nSPS) is 12.5. The lowest BCUT2D eigenvalue weighted by Gasteiger charge is -2.22. The quantitative estimate of drug-likeness (QED) is 0.759. The van der Waals surface area contributed by atoms with Crippen molar-refractivity contribution in [2.75, 3.05) is 32.1 Å². The molecule has 0 spiro atoms. The first-order valence-electron chi connectivity index (χ1n) is 4.93. The number of rotatable bonds is 5. The average Bonchev–Trinajstić information content (AvgIpc) is 2.18. The molecule has 15 heavy (non-hydrogen) atoms. The summed E-state index contributed by atoms with van der Waals surface area (Å²) in [7, 11) is 3.61. The van der Waals surface area contributed by atoms with E-state index in [0.29, 0.717) is 13.1 Å². The van der Waals surface area contributed by atoms with Crippen molar-refractivity contribution in [3.05, 3.63) is 30.1 Å². The van der Waals surface area contributed by atoms with Gasteiger partial charge in [0, 0.05) is 25.8 Å². The number of nitrogens with zero attached hydrogens (tertiary/aromatic N) is 1. The van der Waals surface area contributed by atoms with Gasteiger partial charge in [0.15, 0.2) is 0 Å². The van der Waals surface area contributed by atoms with Crippen molar-refractivity contribution >= 4 is 5.69 Å². The second-order valence-electron chi connectivity index (χ2n) is 3.57. The van der Waals surface area contributed by atoms with Gasteiger partial charge in [0.05, 0.1) is 6.10 Å². The van der Waals surface area contributed by atoms with Gasteiger partial charge in [-0.05, 0) is 25.2 Å². The van der Waals surface area contributed by atoms with Gasteiger partial charge in [-0.2, -0.15) is 0 Å². The third-order valence-corrected chi connectivity index (χ3v) is 2.17. The molecule has 0 saturated carbocycles. The molecule has 1 unspecified atom stereocenters. The second kappa shape index (κ2) is 5.68. The molecular weight excluding hydrogens is 195 g/mol. The molecule has 0 heterocycles. The lowest BCUT2D eigenvalue weighted by molar-refractivity contribution is 0.181. The minimum Gasteiger partial charge on any atom is -0.390 e. The van der Waals surface area contributed by atoms with E-state index in [-0.39, 0.29) is 5.82 Å². The first-order chi connectivity index (χ1) is 7.13. The van der Waals surface area contributed by atoms with Crippen LogP contribution >= 0.6 is 0 Å². The molecule has 0 fully saturated rings. The molecule has 1 atom stereocenters. The molecule has 4 heteroatoms. The fourth-order valence-electron chi connectivity index (χ4n) is 1.44. The first kappa shape index (κ1) is 11.9. The van der Waals surface area contributed by atoms with Crippen LogP contribution in [0.5, 0.6) is 0 Å². The zero-order valence-electron chi connectivity index (χ0n) is 9.07. The molecule has 1 rings (SSSR count). The van der Waals surface area contributed by atoms with Crippen LogP contribution in [0.1, 0.15) is 0 Å². The maximum absolute atomic E-state index is 12.9. The molecule has 0 aliphatic rings. The van der Waals surface area contributed by atoms with E-state index in [1.54, 1.807) is 13.1 Å². The van der Waals surface area contributed by atoms with Crippen LogP contribution in [0, 0.1) is 5.82 Å². The highest BCUT2D eigenvalue weighted by molar-refractivity contribution is 5.45. The highest BCUT2D eigenvalue weighted by Crippen LogP contribution is 2.13. The zero-order chi connectivity index (χ0) is 11.3. The van der Waals surface area contributed by atoms with Crippen LogP contribution in [0.4, 0.5) is 10.1 Å². The van der Waals surface area contributed by atoms with Crippen molar-refractivity contribution in [1.29, 1.82) is 0 Å². The van der Waals surface area contributed by atoms with Gasteiger partial charge in [-0.25, -0.2) is 4.39 Å². The van der Waals surface area contributed by atoms with Gasteiger partial charge in [0.2, 0.25) is 0 Å². The Bertz CT molecular complexity index is 306. The van der Waals surface area contributed by atoms with Crippen molar-refractivity contribution in [2.45, 2.75) is 6.10 Å². The average molecular weight is 212 g/mol. The SMILES string of the molecule is CNCC(O)CN(C)c1cccc(F)c1. The minimum atomic E-state index is -0.455. The van der Waals surface area contributed by atoms with Gasteiger partial charge >= 0.3 is 0 Å². The maximum atomic E-state index is 12.9. The Morgan fingerprint density at radius 2 is 2.27 bits per heavy atom. The molecular formula is C11H17FN2O. The number of halogens is 1. The van der Waals surface area contributed by atoms with Crippen LogP contribution in [0.3, 0.4) is 0 Å². The van der Waals surface area contributed by atoms with E-state index >= 15 is 0 Å². The van der Waals surface area contributed by atoms with E-state index in [1.165, 1.54) is 12.1 Å². The van der Waals surface area contributed by atoms with Gasteiger partial charge in [0.25, 0.3) is 0 Å². The van der Waals surface area contributed by atoms with Gasteiger partial charge in [0.1, 0.15) is 5.82 Å². The largest absolute Gasteiger partial charge is 0.390 e. The number of hydrogen-bond donors (Lipinski definition) is 2. The molecule has 1 aromatic rings. The van der Waals surface area contributed by atoms with Crippen molar-refractivity contribution in [1.82, 2.24) is 5.32 Å². The fraction of sp³-hybridized carbons (Fsp3) is 0.455. The van der Waals surface area contributed by atoms with Gasteiger partial charge in [-0.1, -0.05) is 6.07 Å². The Morgan fingerprint density at radius 3 is 2.87 bits per heavy atom. The van der Waals surface area contributed by atoms with Crippen LogP contribution in [-0.4, -0.2) is 38.4 Å². The smallest absolute Gasteiger partial charge is 0.125 e. The summed E-state index contributed by atoms with van der Waals surface area (Å²) in [6.07, 6.45) is -0.455. The van der Waals surface area contributed by atoms with Crippen LogP contribution in [0.25, 0.3) is 0 Å². The zero-order valence-corrected chi connectivity index (χ0v) is 9.07. The second-order valence-corrected chi connectivity index (χ2v) is 3.57. The summed E-state index contributed by atoms with van der Waals surface area (Å²) in [5.74, 6) is -0.262. The molecule has 0 amide bonds. The molecule has 0 aliphatic carbocycles. The third kappa shape index (κ3) is 3.85. The van der Waals surface area contributed by atoms with E-state index in [2.05, 4.69) is 5.32 Å². The van der Waals surface area contributed by atoms with Crippen LogP contribution in [-0.2, 0) is 0 Å². The summed E-state index contributed by atoms with van der Waals surface area (Å²) in [5.41, 5.74) is 0.769. The number of aliphatic hydroxyl groups is 1. The molecule has 84 valence electrons. The van der Waals surface area contributed by atoms with Gasteiger partial charge in [-0.3, -0.25) is 0 Å². The number of likely N-dealkylation sites (N-methyl/N-ethyl adjacent to an activating group) is 2. The number of aliphatic hydroxyl groups excluding tert-OH is 1. The first-order valence-corrected chi connectivity index (χ1v) is 4.93. The molecule has 0 radical (unpaired) electrons. The maximum Gasteiger partial charge on any atom is 0.125 e. The molecule has 0 saturated heterocycles. The molecule has 2 N–H and O–H groups in total. The summed E-state index contributed by atoms with van der Waals surface area (Å²) >= 11 is 0. The van der Waals surface area contributed by atoms with Crippen molar-refractivity contribution in [3.8, 4) is 0 Å². The molecule has 0 aliphatic heterocycles. The third-order valence-electron chi connectivity index (χ3n) is 2.17. The summed E-state index contributed by atoms with van der Waals surface area (Å²) in [6, 6.07) is 6.33. The predicted molar refractivity (Wildman–Crippen MR) is 59.6 cm³/mol. The van der Waals surface area contributed by atoms with E-state index in [9.17, 15) is 9.50 Å². The Balaban J connectivity index is 2.56. The topological polar surface area (TPSA) is 35.5 Å². The fourth-order valence-corrected chi connectivity index (χ4v) is 1.44. The van der Waals surface area contributed by atoms with Gasteiger partial charge in [-0.15, -0.1) is 0 Å². The predicted octanol–water partition coefficient (Wildman–Crippen LogP) is 0.842. The van der Waals surface area contributed by atoms with Crippen molar-refractivity contribution in [3.63, 3.8) is 0 Å². The Kier molecular flexibility index (Phi) is 4.52. The Labute approximate surface area is 89.5 Å². The number of hydrogen-bond acceptors (Lipinski definition) is 3. The van der Waals surface area contributed by atoms with Crippen LogP contribution in [0.15, 0.2) is 24.3 Å². The molecule has 1 aromatic carbocycles. The Hall–Kier alpha value is -1.13. The molecule has 0 bridgehead atoms. The number of benzene rings is 1. The van der Waals surface area contributed by atoms with Crippen LogP contribution < -0.4 is 10.2 Å². The molecule has 3 nitrogen and oxygen atoms in total. The summed E-state index contributed by atoms with van der Waals surface area (Å²) < 4.78 is 12.9.